The summed E-state index contributed by atoms with van der Waals surface area (Å²) in [6.45, 7) is 2.10. The number of hydrogen-bond donors (Lipinski definition) is 2. The van der Waals surface area contributed by atoms with E-state index in [1.165, 1.54) is 6.07 Å². The maximum atomic E-state index is 12.6. The number of aromatic nitrogens is 3. The topological polar surface area (TPSA) is 110 Å². The Hall–Kier alpha value is -2.29. The number of amides is 1. The Morgan fingerprint density at radius 2 is 2.19 bits per heavy atom. The van der Waals surface area contributed by atoms with Gasteiger partial charge in [-0.15, -0.1) is 0 Å². The molecule has 3 rings (SSSR count). The predicted octanol–water partition coefficient (Wildman–Crippen LogP) is 1.30. The van der Waals surface area contributed by atoms with Crippen LogP contribution >= 0.6 is 11.8 Å². The lowest BCUT2D eigenvalue weighted by atomic mass is 9.75. The molecular weight excluding hydrogens is 368 g/mol. The highest BCUT2D eigenvalue weighted by Crippen LogP contribution is 2.43. The molecule has 3 heterocycles. The Morgan fingerprint density at radius 3 is 2.85 bits per heavy atom. The first-order valence-electron chi connectivity index (χ1n) is 8.93. The quantitative estimate of drug-likeness (QED) is 0.762. The molecule has 1 aliphatic heterocycles. The Bertz CT molecular complexity index is 870. The SMILES string of the molecule is Cc1cc(=O)c(O)c(C2(CC(=O)NCCc3ncn(C)n3)CCSCC2)o1. The van der Waals surface area contributed by atoms with Crippen molar-refractivity contribution in [3.63, 3.8) is 0 Å². The number of aryl methyl sites for hydroxylation is 2. The van der Waals surface area contributed by atoms with Gasteiger partial charge in [-0.05, 0) is 31.3 Å². The van der Waals surface area contributed by atoms with E-state index in [0.29, 0.717) is 37.4 Å². The van der Waals surface area contributed by atoms with Crippen molar-refractivity contribution >= 4 is 17.7 Å². The summed E-state index contributed by atoms with van der Waals surface area (Å²) in [5.41, 5.74) is -1.12. The first-order valence-corrected chi connectivity index (χ1v) is 10.1. The monoisotopic (exact) mass is 392 g/mol. The second-order valence-corrected chi connectivity index (χ2v) is 8.13. The molecule has 1 fully saturated rings. The van der Waals surface area contributed by atoms with Crippen molar-refractivity contribution in [3.05, 3.63) is 40.0 Å². The lowest BCUT2D eigenvalue weighted by Gasteiger charge is -2.35. The van der Waals surface area contributed by atoms with Gasteiger partial charge in [-0.1, -0.05) is 0 Å². The van der Waals surface area contributed by atoms with Gasteiger partial charge in [0.1, 0.15) is 12.1 Å². The summed E-state index contributed by atoms with van der Waals surface area (Å²) in [6, 6.07) is 1.27. The summed E-state index contributed by atoms with van der Waals surface area (Å²) in [4.78, 5) is 28.8. The molecule has 1 saturated heterocycles. The zero-order chi connectivity index (χ0) is 19.4. The Kier molecular flexibility index (Phi) is 5.88. The fourth-order valence-electron chi connectivity index (χ4n) is 3.39. The van der Waals surface area contributed by atoms with Crippen molar-refractivity contribution < 1.29 is 14.3 Å². The second-order valence-electron chi connectivity index (χ2n) is 6.90. The largest absolute Gasteiger partial charge is 0.502 e. The summed E-state index contributed by atoms with van der Waals surface area (Å²) >= 11 is 1.80. The van der Waals surface area contributed by atoms with Crippen LogP contribution in [0.4, 0.5) is 0 Å². The van der Waals surface area contributed by atoms with Crippen LogP contribution in [-0.4, -0.2) is 43.8 Å². The molecule has 0 saturated carbocycles. The number of aromatic hydroxyl groups is 1. The van der Waals surface area contributed by atoms with Gasteiger partial charge in [-0.3, -0.25) is 14.3 Å². The average Bonchev–Trinajstić information content (AvgIpc) is 3.04. The molecule has 0 aliphatic carbocycles. The number of carbonyl (C=O) groups excluding carboxylic acids is 1. The first kappa shape index (κ1) is 19.5. The first-order chi connectivity index (χ1) is 12.9. The molecule has 0 spiro atoms. The molecule has 27 heavy (non-hydrogen) atoms. The molecule has 146 valence electrons. The van der Waals surface area contributed by atoms with Gasteiger partial charge in [-0.2, -0.15) is 16.9 Å². The summed E-state index contributed by atoms with van der Waals surface area (Å²) in [7, 11) is 1.79. The minimum Gasteiger partial charge on any atom is -0.502 e. The standard InChI is InChI=1S/C18H24N4O4S/c1-12-9-13(23)16(25)17(26-12)18(4-7-27-8-5-18)10-15(24)19-6-3-14-20-11-22(2)21-14/h9,11,25H,3-8,10H2,1-2H3,(H,19,24). The van der Waals surface area contributed by atoms with Crippen LogP contribution in [0.1, 0.15) is 36.6 Å². The molecule has 1 amide bonds. The van der Waals surface area contributed by atoms with Crippen LogP contribution in [0.25, 0.3) is 0 Å². The van der Waals surface area contributed by atoms with Crippen molar-refractivity contribution in [3.8, 4) is 5.75 Å². The Morgan fingerprint density at radius 1 is 1.44 bits per heavy atom. The Labute approximate surface area is 161 Å². The fraction of sp³-hybridized carbons (Fsp3) is 0.556. The summed E-state index contributed by atoms with van der Waals surface area (Å²) in [6.07, 6.45) is 3.68. The van der Waals surface area contributed by atoms with Crippen LogP contribution in [0.5, 0.6) is 5.75 Å². The van der Waals surface area contributed by atoms with Crippen molar-refractivity contribution in [2.45, 2.75) is 38.0 Å². The van der Waals surface area contributed by atoms with Gasteiger partial charge in [0.25, 0.3) is 0 Å². The maximum absolute atomic E-state index is 12.6. The summed E-state index contributed by atoms with van der Waals surface area (Å²) in [5, 5.41) is 17.4. The van der Waals surface area contributed by atoms with E-state index >= 15 is 0 Å². The normalized spacial score (nSPS) is 16.2. The molecular formula is C18H24N4O4S. The van der Waals surface area contributed by atoms with E-state index < -0.39 is 10.8 Å². The number of thioether (sulfide) groups is 1. The smallest absolute Gasteiger partial charge is 0.227 e. The lowest BCUT2D eigenvalue weighted by molar-refractivity contribution is -0.122. The van der Waals surface area contributed by atoms with Gasteiger partial charge in [0.2, 0.25) is 17.1 Å². The molecule has 9 heteroatoms. The van der Waals surface area contributed by atoms with Gasteiger partial charge in [-0.25, -0.2) is 4.98 Å². The van der Waals surface area contributed by atoms with E-state index in [9.17, 15) is 14.7 Å². The number of hydrogen-bond acceptors (Lipinski definition) is 7. The highest BCUT2D eigenvalue weighted by Gasteiger charge is 2.41. The molecule has 2 aromatic heterocycles. The average molecular weight is 392 g/mol. The molecule has 0 unspecified atom stereocenters. The van der Waals surface area contributed by atoms with E-state index in [0.717, 1.165) is 11.5 Å². The molecule has 1 aliphatic rings. The third-order valence-electron chi connectivity index (χ3n) is 4.79. The minimum atomic E-state index is -0.659. The minimum absolute atomic E-state index is 0.138. The van der Waals surface area contributed by atoms with Crippen LogP contribution < -0.4 is 10.7 Å². The van der Waals surface area contributed by atoms with Crippen LogP contribution in [0.2, 0.25) is 0 Å². The highest BCUT2D eigenvalue weighted by molar-refractivity contribution is 7.99. The molecule has 2 aromatic rings. The number of nitrogens with one attached hydrogen (secondary N) is 1. The van der Waals surface area contributed by atoms with Gasteiger partial charge in [0.15, 0.2) is 11.6 Å². The number of nitrogens with zero attached hydrogens (tertiary/aromatic N) is 3. The summed E-state index contributed by atoms with van der Waals surface area (Å²) in [5.74, 6) is 2.54. The van der Waals surface area contributed by atoms with E-state index in [1.54, 1.807) is 36.7 Å². The summed E-state index contributed by atoms with van der Waals surface area (Å²) < 4.78 is 7.37. The third-order valence-corrected chi connectivity index (χ3v) is 5.78. The van der Waals surface area contributed by atoms with Crippen LogP contribution in [0.3, 0.4) is 0 Å². The molecule has 0 bridgehead atoms. The van der Waals surface area contributed by atoms with Crippen molar-refractivity contribution in [2.24, 2.45) is 7.05 Å². The van der Waals surface area contributed by atoms with Crippen molar-refractivity contribution in [1.82, 2.24) is 20.1 Å². The molecule has 0 aromatic carbocycles. The molecule has 8 nitrogen and oxygen atoms in total. The zero-order valence-corrected chi connectivity index (χ0v) is 16.3. The number of carbonyl (C=O) groups is 1. The van der Waals surface area contributed by atoms with Gasteiger partial charge in [0, 0.05) is 37.9 Å². The Balaban J connectivity index is 1.73. The zero-order valence-electron chi connectivity index (χ0n) is 15.5. The molecule has 2 N–H and O–H groups in total. The van der Waals surface area contributed by atoms with E-state index in [2.05, 4.69) is 15.4 Å². The van der Waals surface area contributed by atoms with Gasteiger partial charge >= 0.3 is 0 Å². The highest BCUT2D eigenvalue weighted by atomic mass is 32.2. The van der Waals surface area contributed by atoms with Crippen molar-refractivity contribution in [1.29, 1.82) is 0 Å². The molecule has 0 atom stereocenters. The second kappa shape index (κ2) is 8.16. The predicted molar refractivity (Wildman–Crippen MR) is 102 cm³/mol. The van der Waals surface area contributed by atoms with E-state index in [-0.39, 0.29) is 23.8 Å². The fourth-order valence-corrected chi connectivity index (χ4v) is 4.67. The third kappa shape index (κ3) is 4.52. The lowest BCUT2D eigenvalue weighted by Crippen LogP contribution is -2.39. The van der Waals surface area contributed by atoms with Crippen LogP contribution in [0.15, 0.2) is 21.6 Å². The van der Waals surface area contributed by atoms with Crippen LogP contribution in [-0.2, 0) is 23.7 Å². The number of rotatable bonds is 6. The van der Waals surface area contributed by atoms with E-state index in [1.807, 2.05) is 0 Å². The van der Waals surface area contributed by atoms with E-state index in [4.69, 9.17) is 4.42 Å². The van der Waals surface area contributed by atoms with Gasteiger partial charge < -0.3 is 14.8 Å². The van der Waals surface area contributed by atoms with Gasteiger partial charge in [0.05, 0.1) is 0 Å². The maximum Gasteiger partial charge on any atom is 0.227 e. The van der Waals surface area contributed by atoms with Crippen LogP contribution in [0, 0.1) is 6.92 Å². The molecule has 0 radical (unpaired) electrons. The van der Waals surface area contributed by atoms with Crippen molar-refractivity contribution in [2.75, 3.05) is 18.1 Å².